The lowest BCUT2D eigenvalue weighted by Gasteiger charge is -2.38. The third kappa shape index (κ3) is 9.66. The van der Waals surface area contributed by atoms with Crippen LogP contribution in [0.4, 0.5) is 0 Å². The highest BCUT2D eigenvalue weighted by atomic mass is 16.5. The summed E-state index contributed by atoms with van der Waals surface area (Å²) in [7, 11) is 3.36. The van der Waals surface area contributed by atoms with Crippen molar-refractivity contribution in [3.63, 3.8) is 0 Å². The molecule has 224 valence electrons. The Kier molecular flexibility index (Phi) is 16.0. The minimum Gasteiger partial charge on any atom is -0.481 e. The maximum atomic E-state index is 12.4. The average molecular weight is 559 g/mol. The van der Waals surface area contributed by atoms with Gasteiger partial charge in [-0.15, -0.1) is 0 Å². The standard InChI is InChI=1S/C23H42O15/c1-6-12(36-3)16(22(32)33)10(19(26)27)8-14(38-5)17(23(34)35)11(20(28)29)7-13(37-4)15(21(30)31)9(2)18(24)25/h9-20,24-29H,6-8H2,1-5H3,(H,30,31)(H,32,33)(H,34,35). The van der Waals surface area contributed by atoms with Gasteiger partial charge in [-0.2, -0.15) is 0 Å². The fourth-order valence-corrected chi connectivity index (χ4v) is 4.93. The Labute approximate surface area is 220 Å². The summed E-state index contributed by atoms with van der Waals surface area (Å²) in [6.45, 7) is 2.80. The van der Waals surface area contributed by atoms with Gasteiger partial charge in [0.25, 0.3) is 0 Å². The van der Waals surface area contributed by atoms with Gasteiger partial charge in [-0.3, -0.25) is 14.4 Å². The van der Waals surface area contributed by atoms with E-state index < -0.39 is 103 Å². The Bertz CT molecular complexity index is 724. The molecule has 0 rings (SSSR count). The first-order valence-corrected chi connectivity index (χ1v) is 12.0. The number of carboxylic acid groups (broad SMARTS) is 3. The topological polar surface area (TPSA) is 261 Å². The SMILES string of the molecule is CCC(OC)C(C(=O)O)C(CC(OC)C(C(=O)O)C(CC(OC)C(C(=O)O)C(C)C(O)O)C(O)O)C(O)O. The lowest BCUT2D eigenvalue weighted by Crippen LogP contribution is -2.49. The van der Waals surface area contributed by atoms with Crippen molar-refractivity contribution in [2.45, 2.75) is 70.3 Å². The largest absolute Gasteiger partial charge is 0.481 e. The highest BCUT2D eigenvalue weighted by Gasteiger charge is 2.47. The average Bonchev–Trinajstić information content (AvgIpc) is 2.82. The summed E-state index contributed by atoms with van der Waals surface area (Å²) in [5.41, 5.74) is 0. The fourth-order valence-electron chi connectivity index (χ4n) is 4.93. The molecule has 0 heterocycles. The van der Waals surface area contributed by atoms with Gasteiger partial charge < -0.3 is 60.2 Å². The molecule has 9 atom stereocenters. The van der Waals surface area contributed by atoms with Gasteiger partial charge in [0.05, 0.1) is 36.1 Å². The third-order valence-corrected chi connectivity index (χ3v) is 7.10. The van der Waals surface area contributed by atoms with Crippen molar-refractivity contribution in [3.05, 3.63) is 0 Å². The highest BCUT2D eigenvalue weighted by Crippen LogP contribution is 2.36. The molecule has 38 heavy (non-hydrogen) atoms. The van der Waals surface area contributed by atoms with Gasteiger partial charge in [0.15, 0.2) is 18.9 Å². The molecule has 9 N–H and O–H groups in total. The molecule has 0 bridgehead atoms. The molecule has 0 aliphatic carbocycles. The molecular formula is C23H42O15. The van der Waals surface area contributed by atoms with E-state index in [1.54, 1.807) is 6.92 Å². The molecule has 0 amide bonds. The number of carboxylic acids is 3. The second kappa shape index (κ2) is 16.9. The summed E-state index contributed by atoms with van der Waals surface area (Å²) in [6, 6.07) is 0. The van der Waals surface area contributed by atoms with Crippen molar-refractivity contribution in [3.8, 4) is 0 Å². The molecule has 15 heteroatoms. The Morgan fingerprint density at radius 2 is 0.895 bits per heavy atom. The van der Waals surface area contributed by atoms with Crippen molar-refractivity contribution < 1.29 is 74.6 Å². The van der Waals surface area contributed by atoms with Gasteiger partial charge in [-0.25, -0.2) is 0 Å². The van der Waals surface area contributed by atoms with E-state index in [9.17, 15) is 60.3 Å². The maximum Gasteiger partial charge on any atom is 0.309 e. The first-order chi connectivity index (χ1) is 17.6. The van der Waals surface area contributed by atoms with E-state index >= 15 is 0 Å². The van der Waals surface area contributed by atoms with Gasteiger partial charge in [0, 0.05) is 39.1 Å². The molecule has 0 radical (unpaired) electrons. The van der Waals surface area contributed by atoms with Crippen LogP contribution in [0.5, 0.6) is 0 Å². The molecule has 0 aliphatic rings. The van der Waals surface area contributed by atoms with Gasteiger partial charge in [-0.05, 0) is 19.3 Å². The Morgan fingerprint density at radius 3 is 1.13 bits per heavy atom. The Morgan fingerprint density at radius 1 is 0.579 bits per heavy atom. The van der Waals surface area contributed by atoms with Crippen LogP contribution in [-0.4, -0.2) is 122 Å². The first kappa shape index (κ1) is 36.0. The highest BCUT2D eigenvalue weighted by molar-refractivity contribution is 5.73. The van der Waals surface area contributed by atoms with Crippen molar-refractivity contribution in [2.75, 3.05) is 21.3 Å². The van der Waals surface area contributed by atoms with Crippen LogP contribution < -0.4 is 0 Å². The second-order valence-electron chi connectivity index (χ2n) is 9.22. The van der Waals surface area contributed by atoms with Crippen molar-refractivity contribution in [1.82, 2.24) is 0 Å². The summed E-state index contributed by atoms with van der Waals surface area (Å²) >= 11 is 0. The van der Waals surface area contributed by atoms with E-state index in [-0.39, 0.29) is 6.42 Å². The zero-order chi connectivity index (χ0) is 29.9. The molecule has 0 saturated carbocycles. The minimum atomic E-state index is -2.37. The van der Waals surface area contributed by atoms with E-state index in [0.717, 1.165) is 14.2 Å². The summed E-state index contributed by atoms with van der Waals surface area (Å²) in [5.74, 6) is -14.1. The van der Waals surface area contributed by atoms with E-state index in [2.05, 4.69) is 0 Å². The van der Waals surface area contributed by atoms with E-state index in [4.69, 9.17) is 14.2 Å². The number of hydrogen-bond donors (Lipinski definition) is 9. The number of aliphatic carboxylic acids is 3. The molecule has 0 aliphatic heterocycles. The molecule has 0 saturated heterocycles. The number of aliphatic hydroxyl groups is 6. The van der Waals surface area contributed by atoms with Crippen molar-refractivity contribution in [2.24, 2.45) is 35.5 Å². The molecular weight excluding hydrogens is 516 g/mol. The minimum absolute atomic E-state index is 0.162. The third-order valence-electron chi connectivity index (χ3n) is 7.10. The quantitative estimate of drug-likeness (QED) is 0.0741. The number of ether oxygens (including phenoxy) is 3. The van der Waals surface area contributed by atoms with E-state index in [1.165, 1.54) is 14.0 Å². The zero-order valence-corrected chi connectivity index (χ0v) is 22.0. The Hall–Kier alpha value is -1.95. The molecule has 0 spiro atoms. The van der Waals surface area contributed by atoms with Crippen LogP contribution in [0, 0.1) is 35.5 Å². The van der Waals surface area contributed by atoms with Gasteiger partial charge in [0.2, 0.25) is 0 Å². The summed E-state index contributed by atoms with van der Waals surface area (Å²) in [4.78, 5) is 36.2. The predicted octanol–water partition coefficient (Wildman–Crippen LogP) is -1.88. The normalized spacial score (nSPS) is 19.4. The summed E-state index contributed by atoms with van der Waals surface area (Å²) in [5, 5.41) is 88.7. The molecule has 0 aromatic rings. The van der Waals surface area contributed by atoms with E-state index in [0.29, 0.717) is 0 Å². The van der Waals surface area contributed by atoms with Crippen molar-refractivity contribution >= 4 is 17.9 Å². The van der Waals surface area contributed by atoms with Crippen LogP contribution in [0.15, 0.2) is 0 Å². The van der Waals surface area contributed by atoms with E-state index in [1.807, 2.05) is 0 Å². The zero-order valence-electron chi connectivity index (χ0n) is 22.0. The monoisotopic (exact) mass is 558 g/mol. The number of hydrogen-bond acceptors (Lipinski definition) is 12. The van der Waals surface area contributed by atoms with Crippen LogP contribution >= 0.6 is 0 Å². The van der Waals surface area contributed by atoms with Gasteiger partial charge in [-0.1, -0.05) is 13.8 Å². The predicted molar refractivity (Wildman–Crippen MR) is 126 cm³/mol. The maximum absolute atomic E-state index is 12.4. The van der Waals surface area contributed by atoms with Crippen molar-refractivity contribution in [1.29, 1.82) is 0 Å². The first-order valence-electron chi connectivity index (χ1n) is 12.0. The second-order valence-corrected chi connectivity index (χ2v) is 9.22. The Balaban J connectivity index is 6.50. The van der Waals surface area contributed by atoms with Crippen LogP contribution in [-0.2, 0) is 28.6 Å². The van der Waals surface area contributed by atoms with Crippen LogP contribution in [0.1, 0.15) is 33.1 Å². The molecule has 0 aromatic carbocycles. The summed E-state index contributed by atoms with van der Waals surface area (Å²) < 4.78 is 15.6. The molecule has 0 fully saturated rings. The van der Waals surface area contributed by atoms with Gasteiger partial charge >= 0.3 is 17.9 Å². The molecule has 9 unspecified atom stereocenters. The lowest BCUT2D eigenvalue weighted by molar-refractivity contribution is -0.185. The smallest absolute Gasteiger partial charge is 0.309 e. The van der Waals surface area contributed by atoms with Crippen LogP contribution in [0.3, 0.4) is 0 Å². The van der Waals surface area contributed by atoms with Crippen LogP contribution in [0.2, 0.25) is 0 Å². The fraction of sp³-hybridized carbons (Fsp3) is 0.870. The number of methoxy groups -OCH3 is 3. The summed E-state index contributed by atoms with van der Waals surface area (Å²) in [6.07, 6.45) is -11.7. The molecule has 0 aromatic heterocycles. The number of aliphatic hydroxyl groups excluding tert-OH is 3. The number of rotatable bonds is 20. The molecule has 15 nitrogen and oxygen atoms in total. The van der Waals surface area contributed by atoms with Gasteiger partial charge in [0.1, 0.15) is 0 Å². The van der Waals surface area contributed by atoms with Crippen LogP contribution in [0.25, 0.3) is 0 Å². The number of carbonyl (C=O) groups is 3. The lowest BCUT2D eigenvalue weighted by atomic mass is 9.74.